The highest BCUT2D eigenvalue weighted by Crippen LogP contribution is 2.20. The van der Waals surface area contributed by atoms with Gasteiger partial charge in [-0.05, 0) is 26.0 Å². The smallest absolute Gasteiger partial charge is 0.124 e. The quantitative estimate of drug-likeness (QED) is 0.832. The van der Waals surface area contributed by atoms with Gasteiger partial charge in [0.25, 0.3) is 0 Å². The summed E-state index contributed by atoms with van der Waals surface area (Å²) in [7, 11) is 0. The zero-order valence-electron chi connectivity index (χ0n) is 11.0. The lowest BCUT2D eigenvalue weighted by molar-refractivity contribution is 0.209. The second kappa shape index (κ2) is 5.63. The molecule has 18 heavy (non-hydrogen) atoms. The summed E-state index contributed by atoms with van der Waals surface area (Å²) >= 11 is 5.06. The topological polar surface area (TPSA) is 45.4 Å². The lowest BCUT2D eigenvalue weighted by Crippen LogP contribution is -2.49. The molecule has 0 unspecified atom stereocenters. The molecule has 0 radical (unpaired) electrons. The lowest BCUT2D eigenvalue weighted by atomic mass is 10.2. The normalized spacial score (nSPS) is 17.2. The Bertz CT molecular complexity index is 425. The Labute approximate surface area is 114 Å². The molecular formula is C13H20N4S. The number of hydrogen-bond donors (Lipinski definition) is 1. The Morgan fingerprint density at radius 2 is 2.00 bits per heavy atom. The number of hydrogen-bond acceptors (Lipinski definition) is 4. The van der Waals surface area contributed by atoms with Gasteiger partial charge in [-0.25, -0.2) is 0 Å². The zero-order valence-corrected chi connectivity index (χ0v) is 11.8. The number of aromatic nitrogens is 1. The summed E-state index contributed by atoms with van der Waals surface area (Å²) < 4.78 is 0. The molecule has 2 rings (SSSR count). The Kier molecular flexibility index (Phi) is 4.14. The summed E-state index contributed by atoms with van der Waals surface area (Å²) in [5.74, 6) is 0. The summed E-state index contributed by atoms with van der Waals surface area (Å²) in [6.07, 6.45) is 1.74. The van der Waals surface area contributed by atoms with Crippen LogP contribution in [0.25, 0.3) is 0 Å². The summed E-state index contributed by atoms with van der Waals surface area (Å²) in [6, 6.07) is 4.59. The third-order valence-electron chi connectivity index (χ3n) is 3.41. The minimum Gasteiger partial charge on any atom is -0.388 e. The van der Waals surface area contributed by atoms with Crippen LogP contribution in [-0.4, -0.2) is 47.1 Å². The maximum atomic E-state index is 5.73. The fourth-order valence-corrected chi connectivity index (χ4v) is 2.48. The molecule has 1 aliphatic rings. The molecule has 1 aliphatic heterocycles. The molecule has 0 atom stereocenters. The summed E-state index contributed by atoms with van der Waals surface area (Å²) in [5.41, 5.74) is 7.53. The van der Waals surface area contributed by atoms with Crippen molar-refractivity contribution in [1.29, 1.82) is 0 Å². The molecule has 0 amide bonds. The first-order chi connectivity index (χ1) is 8.59. The van der Waals surface area contributed by atoms with Crippen molar-refractivity contribution in [2.75, 3.05) is 31.1 Å². The first kappa shape index (κ1) is 13.2. The van der Waals surface area contributed by atoms with E-state index in [0.717, 1.165) is 37.6 Å². The van der Waals surface area contributed by atoms with Gasteiger partial charge in [-0.15, -0.1) is 0 Å². The second-order valence-electron chi connectivity index (χ2n) is 4.85. The minimum absolute atomic E-state index is 0.372. The van der Waals surface area contributed by atoms with Gasteiger partial charge >= 0.3 is 0 Å². The molecule has 0 bridgehead atoms. The second-order valence-corrected chi connectivity index (χ2v) is 5.29. The highest BCUT2D eigenvalue weighted by molar-refractivity contribution is 7.80. The average molecular weight is 264 g/mol. The van der Waals surface area contributed by atoms with Gasteiger partial charge < -0.3 is 10.6 Å². The van der Waals surface area contributed by atoms with E-state index < -0.39 is 0 Å². The largest absolute Gasteiger partial charge is 0.388 e. The molecule has 0 aromatic carbocycles. The van der Waals surface area contributed by atoms with Crippen LogP contribution in [0.4, 0.5) is 5.69 Å². The number of rotatable bonds is 3. The van der Waals surface area contributed by atoms with Crippen molar-refractivity contribution in [2.24, 2.45) is 5.73 Å². The van der Waals surface area contributed by atoms with Gasteiger partial charge in [-0.1, -0.05) is 12.2 Å². The minimum atomic E-state index is 0.372. The van der Waals surface area contributed by atoms with Crippen LogP contribution in [0.3, 0.4) is 0 Å². The molecule has 4 nitrogen and oxygen atoms in total. The van der Waals surface area contributed by atoms with E-state index in [1.807, 2.05) is 12.1 Å². The van der Waals surface area contributed by atoms with Gasteiger partial charge in [-0.3, -0.25) is 9.88 Å². The highest BCUT2D eigenvalue weighted by Gasteiger charge is 2.21. The lowest BCUT2D eigenvalue weighted by Gasteiger charge is -2.38. The van der Waals surface area contributed by atoms with Gasteiger partial charge in [-0.2, -0.15) is 0 Å². The first-order valence-corrected chi connectivity index (χ1v) is 6.74. The van der Waals surface area contributed by atoms with Crippen molar-refractivity contribution in [3.63, 3.8) is 0 Å². The van der Waals surface area contributed by atoms with Crippen LogP contribution in [0.2, 0.25) is 0 Å². The molecular weight excluding hydrogens is 244 g/mol. The average Bonchev–Trinajstić information content (AvgIpc) is 2.39. The molecule has 1 aromatic rings. The van der Waals surface area contributed by atoms with E-state index in [4.69, 9.17) is 18.0 Å². The standard InChI is InChI=1S/C13H20N4S/c1-10(2)16-6-8-17(9-7-16)11-4-3-5-15-12(11)13(14)18/h3-5,10H,6-9H2,1-2H3,(H2,14,18). The highest BCUT2D eigenvalue weighted by atomic mass is 32.1. The molecule has 2 N–H and O–H groups in total. The number of anilines is 1. The van der Waals surface area contributed by atoms with Crippen molar-refractivity contribution in [1.82, 2.24) is 9.88 Å². The monoisotopic (exact) mass is 264 g/mol. The van der Waals surface area contributed by atoms with E-state index in [1.165, 1.54) is 0 Å². The molecule has 1 saturated heterocycles. The van der Waals surface area contributed by atoms with E-state index in [0.29, 0.717) is 11.0 Å². The van der Waals surface area contributed by atoms with Crippen molar-refractivity contribution in [3.8, 4) is 0 Å². The molecule has 98 valence electrons. The fraction of sp³-hybridized carbons (Fsp3) is 0.538. The number of thiocarbonyl (C=S) groups is 1. The van der Waals surface area contributed by atoms with Gasteiger partial charge in [0.1, 0.15) is 10.7 Å². The number of piperazine rings is 1. The Hall–Kier alpha value is -1.20. The Morgan fingerprint density at radius 3 is 2.56 bits per heavy atom. The third-order valence-corrected chi connectivity index (χ3v) is 3.60. The van der Waals surface area contributed by atoms with Gasteiger partial charge in [0.2, 0.25) is 0 Å². The van der Waals surface area contributed by atoms with Gasteiger partial charge in [0, 0.05) is 38.4 Å². The van der Waals surface area contributed by atoms with Crippen molar-refractivity contribution in [3.05, 3.63) is 24.0 Å². The number of pyridine rings is 1. The van der Waals surface area contributed by atoms with Crippen LogP contribution in [0.1, 0.15) is 19.5 Å². The molecule has 0 aliphatic carbocycles. The van der Waals surface area contributed by atoms with E-state index in [1.54, 1.807) is 6.20 Å². The third kappa shape index (κ3) is 2.79. The molecule has 0 saturated carbocycles. The number of nitrogens with two attached hydrogens (primary N) is 1. The fourth-order valence-electron chi connectivity index (χ4n) is 2.32. The Morgan fingerprint density at radius 1 is 1.33 bits per heavy atom. The van der Waals surface area contributed by atoms with E-state index in [9.17, 15) is 0 Å². The van der Waals surface area contributed by atoms with Crippen LogP contribution in [0, 0.1) is 0 Å². The molecule has 1 fully saturated rings. The molecule has 0 spiro atoms. The first-order valence-electron chi connectivity index (χ1n) is 6.33. The summed E-state index contributed by atoms with van der Waals surface area (Å²) in [6.45, 7) is 8.62. The SMILES string of the molecule is CC(C)N1CCN(c2cccnc2C(N)=S)CC1. The molecule has 2 heterocycles. The van der Waals surface area contributed by atoms with Gasteiger partial charge in [0.05, 0.1) is 5.69 Å². The molecule has 1 aromatic heterocycles. The number of nitrogens with zero attached hydrogens (tertiary/aromatic N) is 3. The molecule has 5 heteroatoms. The van der Waals surface area contributed by atoms with Crippen LogP contribution < -0.4 is 10.6 Å². The predicted molar refractivity (Wildman–Crippen MR) is 79.0 cm³/mol. The van der Waals surface area contributed by atoms with Crippen molar-refractivity contribution >= 4 is 22.9 Å². The van der Waals surface area contributed by atoms with Crippen LogP contribution in [-0.2, 0) is 0 Å². The van der Waals surface area contributed by atoms with E-state index in [2.05, 4.69) is 28.6 Å². The van der Waals surface area contributed by atoms with Crippen molar-refractivity contribution < 1.29 is 0 Å². The maximum absolute atomic E-state index is 5.73. The summed E-state index contributed by atoms with van der Waals surface area (Å²) in [4.78, 5) is 9.46. The van der Waals surface area contributed by atoms with Crippen LogP contribution in [0.15, 0.2) is 18.3 Å². The Balaban J connectivity index is 2.12. The zero-order chi connectivity index (χ0) is 13.1. The van der Waals surface area contributed by atoms with Crippen LogP contribution in [0.5, 0.6) is 0 Å². The van der Waals surface area contributed by atoms with E-state index in [-0.39, 0.29) is 0 Å². The van der Waals surface area contributed by atoms with Crippen molar-refractivity contribution in [2.45, 2.75) is 19.9 Å². The maximum Gasteiger partial charge on any atom is 0.124 e. The van der Waals surface area contributed by atoms with Crippen LogP contribution >= 0.6 is 12.2 Å². The summed E-state index contributed by atoms with van der Waals surface area (Å²) in [5, 5.41) is 0. The van der Waals surface area contributed by atoms with E-state index >= 15 is 0 Å². The predicted octanol–water partition coefficient (Wildman–Crippen LogP) is 1.25. The van der Waals surface area contributed by atoms with Gasteiger partial charge in [0.15, 0.2) is 0 Å².